The zero-order chi connectivity index (χ0) is 19.7. The normalized spacial score (nSPS) is 19.5. The van der Waals surface area contributed by atoms with Gasteiger partial charge in [-0.1, -0.05) is 48.5 Å². The number of amides is 1. The predicted octanol–water partition coefficient (Wildman–Crippen LogP) is 3.22. The molecule has 4 rings (SSSR count). The van der Waals surface area contributed by atoms with Gasteiger partial charge < -0.3 is 10.1 Å². The zero-order valence-corrected chi connectivity index (χ0v) is 15.8. The Labute approximate surface area is 164 Å². The summed E-state index contributed by atoms with van der Waals surface area (Å²) < 4.78 is 4.94. The summed E-state index contributed by atoms with van der Waals surface area (Å²) in [5.74, 6) is -1.28. The van der Waals surface area contributed by atoms with Crippen LogP contribution in [0.15, 0.2) is 48.5 Å². The summed E-state index contributed by atoms with van der Waals surface area (Å²) in [6, 6.07) is 14.9. The molecule has 0 unspecified atom stereocenters. The van der Waals surface area contributed by atoms with Gasteiger partial charge in [-0.2, -0.15) is 0 Å². The van der Waals surface area contributed by atoms with E-state index in [2.05, 4.69) is 5.32 Å². The second-order valence-electron chi connectivity index (χ2n) is 7.51. The number of rotatable bonds is 4. The molecule has 1 fully saturated rings. The predicted molar refractivity (Wildman–Crippen MR) is 105 cm³/mol. The molecule has 0 aliphatic heterocycles. The fraction of sp³-hybridized carbons (Fsp3) is 0.348. The standard InChI is InChI=1S/C23H23NO4/c1-28-23(27)21(14-7-6-8-15(25)13-14)24-22(26)20-18-11-4-2-9-16(18)17-10-3-5-12-19(17)20/h2-5,9-12,14,20-21H,6-8,13H2,1H3,(H,24,26)/t14-,21-/m0/s1. The molecule has 0 radical (unpaired) electrons. The van der Waals surface area contributed by atoms with Gasteiger partial charge in [-0.25, -0.2) is 4.79 Å². The monoisotopic (exact) mass is 377 g/mol. The van der Waals surface area contributed by atoms with E-state index in [9.17, 15) is 14.4 Å². The molecule has 5 heteroatoms. The number of carbonyl (C=O) groups is 3. The van der Waals surface area contributed by atoms with Crippen LogP contribution >= 0.6 is 0 Å². The van der Waals surface area contributed by atoms with Crippen molar-refractivity contribution in [2.75, 3.05) is 7.11 Å². The molecule has 1 amide bonds. The lowest BCUT2D eigenvalue weighted by Gasteiger charge is -2.29. The van der Waals surface area contributed by atoms with Crippen LogP contribution in [0, 0.1) is 5.92 Å². The van der Waals surface area contributed by atoms with Crippen LogP contribution in [0.4, 0.5) is 0 Å². The lowest BCUT2D eigenvalue weighted by atomic mass is 9.82. The molecule has 1 saturated carbocycles. The van der Waals surface area contributed by atoms with Crippen LogP contribution in [0.1, 0.15) is 42.7 Å². The Bertz CT molecular complexity index is 890. The van der Waals surface area contributed by atoms with Crippen molar-refractivity contribution in [3.63, 3.8) is 0 Å². The maximum absolute atomic E-state index is 13.3. The third kappa shape index (κ3) is 3.21. The number of hydrogen-bond acceptors (Lipinski definition) is 4. The topological polar surface area (TPSA) is 72.5 Å². The first-order valence-corrected chi connectivity index (χ1v) is 9.68. The van der Waals surface area contributed by atoms with E-state index in [1.165, 1.54) is 7.11 Å². The Morgan fingerprint density at radius 2 is 1.64 bits per heavy atom. The third-order valence-electron chi connectivity index (χ3n) is 5.84. The molecule has 144 valence electrons. The van der Waals surface area contributed by atoms with Gasteiger partial charge in [0.25, 0.3) is 0 Å². The van der Waals surface area contributed by atoms with Crippen molar-refractivity contribution in [2.45, 2.75) is 37.6 Å². The van der Waals surface area contributed by atoms with Crippen LogP contribution in [-0.4, -0.2) is 30.8 Å². The number of esters is 1. The number of Topliss-reactive ketones (excluding diaryl/α,β-unsaturated/α-hetero) is 1. The van der Waals surface area contributed by atoms with Crippen LogP contribution in [0.3, 0.4) is 0 Å². The van der Waals surface area contributed by atoms with Crippen molar-refractivity contribution < 1.29 is 19.1 Å². The summed E-state index contributed by atoms with van der Waals surface area (Å²) in [4.78, 5) is 37.6. The summed E-state index contributed by atoms with van der Waals surface area (Å²) in [6.07, 6.45) is 2.31. The van der Waals surface area contributed by atoms with Crippen molar-refractivity contribution >= 4 is 17.7 Å². The van der Waals surface area contributed by atoms with Crippen molar-refractivity contribution in [1.29, 1.82) is 0 Å². The fourth-order valence-corrected chi connectivity index (χ4v) is 4.51. The molecule has 28 heavy (non-hydrogen) atoms. The van der Waals surface area contributed by atoms with Gasteiger partial charge in [0, 0.05) is 12.8 Å². The van der Waals surface area contributed by atoms with Gasteiger partial charge >= 0.3 is 5.97 Å². The molecule has 1 N–H and O–H groups in total. The molecule has 2 aromatic carbocycles. The Morgan fingerprint density at radius 1 is 1.04 bits per heavy atom. The van der Waals surface area contributed by atoms with E-state index in [1.807, 2.05) is 48.5 Å². The van der Waals surface area contributed by atoms with Gasteiger partial charge in [-0.15, -0.1) is 0 Å². The van der Waals surface area contributed by atoms with Gasteiger partial charge in [0.05, 0.1) is 13.0 Å². The highest BCUT2D eigenvalue weighted by molar-refractivity contribution is 5.98. The molecule has 0 aromatic heterocycles. The molecule has 2 aliphatic rings. The van der Waals surface area contributed by atoms with Gasteiger partial charge in [-0.3, -0.25) is 9.59 Å². The van der Waals surface area contributed by atoms with Crippen molar-refractivity contribution in [1.82, 2.24) is 5.32 Å². The fourth-order valence-electron chi connectivity index (χ4n) is 4.51. The molecule has 5 nitrogen and oxygen atoms in total. The molecular formula is C23H23NO4. The van der Waals surface area contributed by atoms with E-state index in [-0.39, 0.29) is 17.6 Å². The zero-order valence-electron chi connectivity index (χ0n) is 15.8. The number of ketones is 1. The second kappa shape index (κ2) is 7.58. The van der Waals surface area contributed by atoms with Crippen molar-refractivity contribution in [3.8, 4) is 11.1 Å². The van der Waals surface area contributed by atoms with Crippen molar-refractivity contribution in [3.05, 3.63) is 59.7 Å². The van der Waals surface area contributed by atoms with Crippen LogP contribution in [0.2, 0.25) is 0 Å². The first-order valence-electron chi connectivity index (χ1n) is 9.68. The van der Waals surface area contributed by atoms with E-state index >= 15 is 0 Å². The highest BCUT2D eigenvalue weighted by Crippen LogP contribution is 2.44. The molecule has 2 aliphatic carbocycles. The number of benzene rings is 2. The average Bonchev–Trinajstić information content (AvgIpc) is 3.06. The van der Waals surface area contributed by atoms with Crippen LogP contribution < -0.4 is 5.32 Å². The number of fused-ring (bicyclic) bond motifs is 3. The van der Waals surface area contributed by atoms with Gasteiger partial charge in [0.2, 0.25) is 5.91 Å². The number of methoxy groups -OCH3 is 1. The van der Waals surface area contributed by atoms with Gasteiger partial charge in [-0.05, 0) is 41.0 Å². The molecule has 2 atom stereocenters. The quantitative estimate of drug-likeness (QED) is 0.831. The van der Waals surface area contributed by atoms with Crippen molar-refractivity contribution in [2.24, 2.45) is 5.92 Å². The summed E-state index contributed by atoms with van der Waals surface area (Å²) in [5, 5.41) is 2.92. The lowest BCUT2D eigenvalue weighted by Crippen LogP contribution is -2.49. The Kier molecular flexibility index (Phi) is 4.99. The van der Waals surface area contributed by atoms with E-state index in [1.54, 1.807) is 0 Å². The minimum atomic E-state index is -0.804. The third-order valence-corrected chi connectivity index (χ3v) is 5.84. The van der Waals surface area contributed by atoms with E-state index in [4.69, 9.17) is 4.74 Å². The number of hydrogen-bond donors (Lipinski definition) is 1. The van der Waals surface area contributed by atoms with E-state index < -0.39 is 17.9 Å². The molecule has 0 bridgehead atoms. The van der Waals surface area contributed by atoms with Gasteiger partial charge in [0.15, 0.2) is 0 Å². The smallest absolute Gasteiger partial charge is 0.328 e. The highest BCUT2D eigenvalue weighted by Gasteiger charge is 2.39. The second-order valence-corrected chi connectivity index (χ2v) is 7.51. The first-order chi connectivity index (χ1) is 13.6. The summed E-state index contributed by atoms with van der Waals surface area (Å²) in [5.41, 5.74) is 3.95. The maximum atomic E-state index is 13.3. The molecule has 0 saturated heterocycles. The number of nitrogens with one attached hydrogen (secondary N) is 1. The number of ether oxygens (including phenoxy) is 1. The van der Waals surface area contributed by atoms with E-state index in [0.717, 1.165) is 35.1 Å². The summed E-state index contributed by atoms with van der Waals surface area (Å²) >= 11 is 0. The highest BCUT2D eigenvalue weighted by atomic mass is 16.5. The summed E-state index contributed by atoms with van der Waals surface area (Å²) in [7, 11) is 1.31. The first kappa shape index (κ1) is 18.4. The Hall–Kier alpha value is -2.95. The summed E-state index contributed by atoms with van der Waals surface area (Å²) in [6.45, 7) is 0. The molecular weight excluding hydrogens is 354 g/mol. The molecule has 0 spiro atoms. The minimum absolute atomic E-state index is 0.135. The largest absolute Gasteiger partial charge is 0.467 e. The number of carbonyl (C=O) groups excluding carboxylic acids is 3. The average molecular weight is 377 g/mol. The van der Waals surface area contributed by atoms with E-state index in [0.29, 0.717) is 12.8 Å². The Morgan fingerprint density at radius 3 is 2.21 bits per heavy atom. The SMILES string of the molecule is COC(=O)[C@@H](NC(=O)C1c2ccccc2-c2ccccc21)[C@H]1CCCC(=O)C1. The van der Waals surface area contributed by atoms with Crippen LogP contribution in [0.25, 0.3) is 11.1 Å². The van der Waals surface area contributed by atoms with Crippen LogP contribution in [-0.2, 0) is 19.1 Å². The molecule has 2 aromatic rings. The minimum Gasteiger partial charge on any atom is -0.467 e. The van der Waals surface area contributed by atoms with Crippen LogP contribution in [0.5, 0.6) is 0 Å². The van der Waals surface area contributed by atoms with Gasteiger partial charge in [0.1, 0.15) is 11.8 Å². The Balaban J connectivity index is 1.64. The maximum Gasteiger partial charge on any atom is 0.328 e. The lowest BCUT2D eigenvalue weighted by molar-refractivity contribution is -0.147. The molecule has 0 heterocycles.